The van der Waals surface area contributed by atoms with Crippen LogP contribution in [0.5, 0.6) is 0 Å². The number of ether oxygens (including phenoxy) is 2. The molecule has 1 aliphatic rings. The van der Waals surface area contributed by atoms with Gasteiger partial charge in [-0.2, -0.15) is 0 Å². The fraction of sp³-hybridized carbons (Fsp3) is 0.611. The summed E-state index contributed by atoms with van der Waals surface area (Å²) in [5, 5.41) is 3.01. The van der Waals surface area contributed by atoms with Crippen molar-refractivity contribution < 1.29 is 14.3 Å². The zero-order valence-corrected chi connectivity index (χ0v) is 15.3. The summed E-state index contributed by atoms with van der Waals surface area (Å²) in [4.78, 5) is 12.0. The molecule has 1 aromatic carbocycles. The number of methoxy groups -OCH3 is 1. The number of nitrogens with one attached hydrogen (secondary N) is 1. The van der Waals surface area contributed by atoms with Crippen molar-refractivity contribution in [2.75, 3.05) is 26.8 Å². The van der Waals surface area contributed by atoms with Crippen molar-refractivity contribution in [2.45, 2.75) is 38.4 Å². The van der Waals surface area contributed by atoms with Gasteiger partial charge in [0.25, 0.3) is 0 Å². The molecule has 136 valence electrons. The maximum atomic E-state index is 12.0. The number of amides is 1. The van der Waals surface area contributed by atoms with Gasteiger partial charge in [-0.1, -0.05) is 29.8 Å². The lowest BCUT2D eigenvalue weighted by atomic mass is 9.89. The van der Waals surface area contributed by atoms with Gasteiger partial charge in [-0.25, -0.2) is 0 Å². The third-order valence-electron chi connectivity index (χ3n) is 4.42. The zero-order chi connectivity index (χ0) is 16.7. The Kier molecular flexibility index (Phi) is 9.29. The number of nitrogens with two attached hydrogens (primary N) is 1. The molecule has 0 aromatic heterocycles. The number of aryl methyl sites for hydroxylation is 1. The normalized spacial score (nSPS) is 21.6. The van der Waals surface area contributed by atoms with E-state index in [1.807, 2.05) is 0 Å². The Morgan fingerprint density at radius 1 is 1.42 bits per heavy atom. The molecule has 0 radical (unpaired) electrons. The van der Waals surface area contributed by atoms with E-state index in [-0.39, 0.29) is 30.5 Å². The SMILES string of the molecule is COC(CN)CC(=O)NCC1CCCOC1c1ccc(C)cc1.Cl. The molecule has 1 fully saturated rings. The summed E-state index contributed by atoms with van der Waals surface area (Å²) in [5.74, 6) is 0.282. The van der Waals surface area contributed by atoms with Gasteiger partial charge in [0.15, 0.2) is 0 Å². The van der Waals surface area contributed by atoms with E-state index in [9.17, 15) is 4.79 Å². The number of carbonyl (C=O) groups is 1. The predicted molar refractivity (Wildman–Crippen MR) is 97.3 cm³/mol. The Morgan fingerprint density at radius 3 is 2.75 bits per heavy atom. The number of hydrogen-bond acceptors (Lipinski definition) is 4. The number of carbonyl (C=O) groups excluding carboxylic acids is 1. The van der Waals surface area contributed by atoms with Crippen LogP contribution in [0.1, 0.15) is 36.5 Å². The van der Waals surface area contributed by atoms with Crippen molar-refractivity contribution in [1.29, 1.82) is 0 Å². The molecule has 24 heavy (non-hydrogen) atoms. The Hall–Kier alpha value is -1.14. The molecular formula is C18H29ClN2O3. The molecular weight excluding hydrogens is 328 g/mol. The number of halogens is 1. The molecule has 1 heterocycles. The van der Waals surface area contributed by atoms with E-state index in [0.29, 0.717) is 25.4 Å². The Bertz CT molecular complexity index is 492. The van der Waals surface area contributed by atoms with Crippen LogP contribution >= 0.6 is 12.4 Å². The summed E-state index contributed by atoms with van der Waals surface area (Å²) in [6, 6.07) is 8.45. The number of rotatable bonds is 7. The summed E-state index contributed by atoms with van der Waals surface area (Å²) in [7, 11) is 1.58. The molecule has 3 unspecified atom stereocenters. The largest absolute Gasteiger partial charge is 0.380 e. The fourth-order valence-electron chi connectivity index (χ4n) is 2.96. The van der Waals surface area contributed by atoms with Crippen LogP contribution in [0.4, 0.5) is 0 Å². The molecule has 1 amide bonds. The second kappa shape index (κ2) is 10.7. The van der Waals surface area contributed by atoms with Crippen LogP contribution in [0.2, 0.25) is 0 Å². The minimum atomic E-state index is -0.217. The predicted octanol–water partition coefficient (Wildman–Crippen LogP) is 2.36. The minimum absolute atomic E-state index is 0. The third kappa shape index (κ3) is 6.06. The molecule has 3 atom stereocenters. The van der Waals surface area contributed by atoms with E-state index in [1.54, 1.807) is 7.11 Å². The first kappa shape index (κ1) is 20.9. The molecule has 0 aliphatic carbocycles. The number of hydrogen-bond donors (Lipinski definition) is 2. The van der Waals surface area contributed by atoms with E-state index < -0.39 is 0 Å². The maximum absolute atomic E-state index is 12.0. The topological polar surface area (TPSA) is 73.6 Å². The van der Waals surface area contributed by atoms with Crippen LogP contribution in [0.25, 0.3) is 0 Å². The van der Waals surface area contributed by atoms with Crippen LogP contribution in [0.3, 0.4) is 0 Å². The van der Waals surface area contributed by atoms with Crippen LogP contribution in [0.15, 0.2) is 24.3 Å². The van der Waals surface area contributed by atoms with Gasteiger partial charge in [-0.05, 0) is 25.3 Å². The summed E-state index contributed by atoms with van der Waals surface area (Å²) in [6.45, 7) is 3.83. The highest BCUT2D eigenvalue weighted by molar-refractivity contribution is 5.85. The van der Waals surface area contributed by atoms with Crippen molar-refractivity contribution in [3.8, 4) is 0 Å². The van der Waals surface area contributed by atoms with Gasteiger partial charge in [-0.15, -0.1) is 12.4 Å². The molecule has 1 aliphatic heterocycles. The van der Waals surface area contributed by atoms with E-state index >= 15 is 0 Å². The van der Waals surface area contributed by atoms with Crippen molar-refractivity contribution in [3.05, 3.63) is 35.4 Å². The maximum Gasteiger partial charge on any atom is 0.222 e. The average Bonchev–Trinajstić information content (AvgIpc) is 2.59. The van der Waals surface area contributed by atoms with E-state index in [0.717, 1.165) is 19.4 Å². The smallest absolute Gasteiger partial charge is 0.222 e. The van der Waals surface area contributed by atoms with Crippen LogP contribution in [-0.4, -0.2) is 38.8 Å². The molecule has 0 bridgehead atoms. The molecule has 0 spiro atoms. The molecule has 1 saturated heterocycles. The quantitative estimate of drug-likeness (QED) is 0.786. The first-order chi connectivity index (χ1) is 11.1. The van der Waals surface area contributed by atoms with Crippen molar-refractivity contribution >= 4 is 18.3 Å². The first-order valence-electron chi connectivity index (χ1n) is 8.31. The highest BCUT2D eigenvalue weighted by Crippen LogP contribution is 2.33. The zero-order valence-electron chi connectivity index (χ0n) is 14.5. The van der Waals surface area contributed by atoms with Gasteiger partial charge >= 0.3 is 0 Å². The lowest BCUT2D eigenvalue weighted by Crippen LogP contribution is -2.37. The lowest BCUT2D eigenvalue weighted by molar-refractivity contribution is -0.124. The third-order valence-corrected chi connectivity index (χ3v) is 4.42. The summed E-state index contributed by atoms with van der Waals surface area (Å²) >= 11 is 0. The van der Waals surface area contributed by atoms with Gasteiger partial charge in [-0.3, -0.25) is 4.79 Å². The number of benzene rings is 1. The lowest BCUT2D eigenvalue weighted by Gasteiger charge is -2.32. The van der Waals surface area contributed by atoms with Gasteiger partial charge in [0.05, 0.1) is 18.6 Å². The fourth-order valence-corrected chi connectivity index (χ4v) is 2.96. The van der Waals surface area contributed by atoms with Crippen LogP contribution in [0, 0.1) is 12.8 Å². The standard InChI is InChI=1S/C18H28N2O3.ClH/c1-13-5-7-14(8-6-13)18-15(4-3-9-23-18)12-20-17(21)10-16(11-19)22-2;/h5-8,15-16,18H,3-4,9-12,19H2,1-2H3,(H,20,21);1H. The van der Waals surface area contributed by atoms with E-state index in [1.165, 1.54) is 11.1 Å². The van der Waals surface area contributed by atoms with E-state index in [4.69, 9.17) is 15.2 Å². The van der Waals surface area contributed by atoms with Gasteiger partial charge in [0.2, 0.25) is 5.91 Å². The summed E-state index contributed by atoms with van der Waals surface area (Å²) in [6.07, 6.45) is 2.23. The highest BCUT2D eigenvalue weighted by Gasteiger charge is 2.27. The molecule has 0 saturated carbocycles. The molecule has 1 aromatic rings. The Labute approximate surface area is 150 Å². The molecule has 6 heteroatoms. The highest BCUT2D eigenvalue weighted by atomic mass is 35.5. The monoisotopic (exact) mass is 356 g/mol. The van der Waals surface area contributed by atoms with Crippen molar-refractivity contribution in [1.82, 2.24) is 5.32 Å². The van der Waals surface area contributed by atoms with Crippen molar-refractivity contribution in [3.63, 3.8) is 0 Å². The summed E-state index contributed by atoms with van der Waals surface area (Å²) in [5.41, 5.74) is 7.98. The van der Waals surface area contributed by atoms with Gasteiger partial charge < -0.3 is 20.5 Å². The molecule has 3 N–H and O–H groups in total. The minimum Gasteiger partial charge on any atom is -0.380 e. The Morgan fingerprint density at radius 2 is 2.12 bits per heavy atom. The Balaban J connectivity index is 0.00000288. The second-order valence-electron chi connectivity index (χ2n) is 6.21. The van der Waals surface area contributed by atoms with Crippen molar-refractivity contribution in [2.24, 2.45) is 11.7 Å². The van der Waals surface area contributed by atoms with Gasteiger partial charge in [0, 0.05) is 32.7 Å². The summed E-state index contributed by atoms with van der Waals surface area (Å²) < 4.78 is 11.1. The first-order valence-corrected chi connectivity index (χ1v) is 8.31. The van der Waals surface area contributed by atoms with Crippen LogP contribution in [-0.2, 0) is 14.3 Å². The van der Waals surface area contributed by atoms with E-state index in [2.05, 4.69) is 36.5 Å². The molecule has 2 rings (SSSR count). The second-order valence-corrected chi connectivity index (χ2v) is 6.21. The molecule has 5 nitrogen and oxygen atoms in total. The van der Waals surface area contributed by atoms with Gasteiger partial charge in [0.1, 0.15) is 0 Å². The van der Waals surface area contributed by atoms with Crippen LogP contribution < -0.4 is 11.1 Å². The average molecular weight is 357 g/mol.